The first kappa shape index (κ1) is 40.9. The Morgan fingerprint density at radius 1 is 1.00 bits per heavy atom. The van der Waals surface area contributed by atoms with Crippen LogP contribution >= 0.6 is 0 Å². The predicted molar refractivity (Wildman–Crippen MR) is 233 cm³/mol. The lowest BCUT2D eigenvalue weighted by Crippen LogP contribution is -2.52. The van der Waals surface area contributed by atoms with Gasteiger partial charge in [0, 0.05) is 93.8 Å². The predicted octanol–water partition coefficient (Wildman–Crippen LogP) is 5.16. The summed E-state index contributed by atoms with van der Waals surface area (Å²) in [6.45, 7) is 6.26. The Balaban J connectivity index is 0.738. The fraction of sp³-hybridized carbons (Fsp3) is 0.435. The molecule has 2 aromatic carbocycles. The van der Waals surface area contributed by atoms with Crippen LogP contribution in [0.1, 0.15) is 65.7 Å². The number of para-hydroxylation sites is 1. The van der Waals surface area contributed by atoms with E-state index in [1.807, 2.05) is 49.4 Å². The number of nitrogens with one attached hydrogen (secondary N) is 1. The molecule has 0 saturated carbocycles. The van der Waals surface area contributed by atoms with E-state index in [2.05, 4.69) is 36.1 Å². The van der Waals surface area contributed by atoms with E-state index in [9.17, 15) is 19.5 Å². The molecule has 5 aromatic rings. The summed E-state index contributed by atoms with van der Waals surface area (Å²) in [6, 6.07) is 18.0. The topological polar surface area (TPSA) is 185 Å². The summed E-state index contributed by atoms with van der Waals surface area (Å²) >= 11 is 0. The zero-order valence-corrected chi connectivity index (χ0v) is 35.2. The first-order valence-electron chi connectivity index (χ1n) is 21.8. The number of benzene rings is 2. The number of halogens is 1. The number of likely N-dealkylation sites (tertiary alicyclic amines) is 2. The number of aromatic nitrogens is 4. The van der Waals surface area contributed by atoms with Crippen molar-refractivity contribution in [2.45, 2.75) is 69.0 Å². The number of alkyl halides is 1. The van der Waals surface area contributed by atoms with Crippen molar-refractivity contribution in [2.75, 3.05) is 74.6 Å². The Morgan fingerprint density at radius 3 is 2.54 bits per heavy atom. The number of urea groups is 1. The van der Waals surface area contributed by atoms with Crippen molar-refractivity contribution in [3.8, 4) is 17.0 Å². The number of aromatic hydroxyl groups is 1. The maximum Gasteiger partial charge on any atom is 0.328 e. The zero-order chi connectivity index (χ0) is 43.4. The number of hydrogen-bond acceptors (Lipinski definition) is 12. The number of anilines is 3. The Kier molecular flexibility index (Phi) is 10.7. The maximum atomic E-state index is 16.4. The fourth-order valence-electron chi connectivity index (χ4n) is 9.98. The number of ether oxygens (including phenoxy) is 2. The lowest BCUT2D eigenvalue weighted by Gasteiger charge is -2.42. The monoisotopic (exact) mass is 858 g/mol. The average Bonchev–Trinajstić information content (AvgIpc) is 3.91. The number of imide groups is 1. The highest BCUT2D eigenvalue weighted by Gasteiger charge is 2.43. The summed E-state index contributed by atoms with van der Waals surface area (Å²) in [5, 5.41) is 22.3. The number of carbonyl (C=O) groups excluding carboxylic acids is 3. The molecule has 5 saturated heterocycles. The summed E-state index contributed by atoms with van der Waals surface area (Å²) in [4.78, 5) is 50.3. The molecule has 17 heteroatoms. The number of piperidine rings is 2. The largest absolute Gasteiger partial charge is 0.507 e. The number of pyridine rings is 1. The fourth-order valence-corrected chi connectivity index (χ4v) is 9.98. The summed E-state index contributed by atoms with van der Waals surface area (Å²) in [6.07, 6.45) is 5.78. The molecule has 3 aromatic heterocycles. The molecule has 0 aliphatic carbocycles. The van der Waals surface area contributed by atoms with Gasteiger partial charge in [0.15, 0.2) is 5.82 Å². The van der Waals surface area contributed by atoms with Gasteiger partial charge < -0.3 is 39.6 Å². The van der Waals surface area contributed by atoms with Crippen LogP contribution in [0, 0.1) is 6.92 Å². The minimum atomic E-state index is -1.38. The van der Waals surface area contributed by atoms with E-state index >= 15 is 4.39 Å². The maximum absolute atomic E-state index is 16.4. The summed E-state index contributed by atoms with van der Waals surface area (Å²) in [5.74, 6) is -0.0204. The van der Waals surface area contributed by atoms with Gasteiger partial charge in [0.1, 0.15) is 29.3 Å². The van der Waals surface area contributed by atoms with E-state index in [-0.39, 0.29) is 66.9 Å². The van der Waals surface area contributed by atoms with Crippen LogP contribution in [0.4, 0.5) is 26.4 Å². The molecule has 5 aliphatic heterocycles. The van der Waals surface area contributed by atoms with Gasteiger partial charge in [-0.2, -0.15) is 0 Å². The van der Waals surface area contributed by atoms with Crippen LogP contribution in [0.15, 0.2) is 73.1 Å². The van der Waals surface area contributed by atoms with Gasteiger partial charge >= 0.3 is 6.03 Å². The van der Waals surface area contributed by atoms with Gasteiger partial charge in [-0.1, -0.05) is 24.3 Å². The lowest BCUT2D eigenvalue weighted by molar-refractivity contribution is -0.120. The molecule has 0 unspecified atom stereocenters. The van der Waals surface area contributed by atoms with Gasteiger partial charge in [-0.15, -0.1) is 10.2 Å². The third kappa shape index (κ3) is 7.93. The Morgan fingerprint density at radius 2 is 1.78 bits per heavy atom. The smallest absolute Gasteiger partial charge is 0.328 e. The second-order valence-electron chi connectivity index (χ2n) is 17.5. The Labute approximate surface area is 363 Å². The number of fused-ring (bicyclic) bond motifs is 2. The molecule has 10 rings (SSSR count). The third-order valence-corrected chi connectivity index (χ3v) is 13.5. The molecule has 5 fully saturated rings. The quantitative estimate of drug-likeness (QED) is 0.187. The number of hydrogen-bond donors (Lipinski definition) is 3. The van der Waals surface area contributed by atoms with Crippen molar-refractivity contribution in [1.29, 1.82) is 0 Å². The van der Waals surface area contributed by atoms with Crippen LogP contribution in [-0.2, 0) is 14.3 Å². The Bertz CT molecular complexity index is 2550. The van der Waals surface area contributed by atoms with Crippen molar-refractivity contribution in [2.24, 2.45) is 0 Å². The van der Waals surface area contributed by atoms with Crippen LogP contribution < -0.4 is 20.9 Å². The van der Waals surface area contributed by atoms with E-state index in [0.29, 0.717) is 74.1 Å². The number of nitrogens with two attached hydrogens (primary N) is 1. The molecule has 0 radical (unpaired) electrons. The SMILES string of the molecule is Cc1cn(C2CCN(CC3(F)CCN(C(=O)c4ccc([C@@H]5CN(c6cc(-c7ccccc7O)nnc6N)[C@@H]6COC[C@@H]6O5)cc4)CC3)CC2)c2ncc(N3CCC(=O)NC3=O)cc12. The molecule has 8 heterocycles. The van der Waals surface area contributed by atoms with Gasteiger partial charge in [-0.05, 0) is 67.3 Å². The molecule has 0 spiro atoms. The van der Waals surface area contributed by atoms with Gasteiger partial charge in [0.25, 0.3) is 5.91 Å². The van der Waals surface area contributed by atoms with E-state index in [1.54, 1.807) is 34.2 Å². The van der Waals surface area contributed by atoms with Crippen LogP contribution in [0.2, 0.25) is 0 Å². The Hall–Kier alpha value is -6.17. The van der Waals surface area contributed by atoms with E-state index in [0.717, 1.165) is 48.1 Å². The second kappa shape index (κ2) is 16.5. The molecule has 3 atom stereocenters. The normalized spacial score (nSPS) is 23.3. The van der Waals surface area contributed by atoms with Crippen molar-refractivity contribution >= 4 is 46.1 Å². The van der Waals surface area contributed by atoms with Crippen molar-refractivity contribution in [3.63, 3.8) is 0 Å². The summed E-state index contributed by atoms with van der Waals surface area (Å²) in [5.41, 5.74) is 10.8. The number of amides is 4. The molecular formula is C46H51FN10O6. The number of carbonyl (C=O) groups is 3. The number of aryl methyl sites for hydroxylation is 1. The number of morpholine rings is 1. The number of nitrogens with zero attached hydrogens (tertiary/aromatic N) is 8. The molecule has 5 aliphatic rings. The van der Waals surface area contributed by atoms with Gasteiger partial charge in [0.05, 0.1) is 42.5 Å². The molecule has 4 N–H and O–H groups in total. The van der Waals surface area contributed by atoms with E-state index < -0.39 is 11.7 Å². The molecular weight excluding hydrogens is 808 g/mol. The van der Waals surface area contributed by atoms with E-state index in [1.165, 1.54) is 0 Å². The number of phenolic OH excluding ortho intramolecular Hbond substituents is 1. The molecule has 4 amide bonds. The van der Waals surface area contributed by atoms with Crippen LogP contribution in [-0.4, -0.2) is 129 Å². The van der Waals surface area contributed by atoms with Gasteiger partial charge in [0.2, 0.25) is 5.91 Å². The number of rotatable bonds is 8. The van der Waals surface area contributed by atoms with Crippen LogP contribution in [0.25, 0.3) is 22.3 Å². The number of nitrogen functional groups attached to an aromatic ring is 1. The van der Waals surface area contributed by atoms with Gasteiger partial charge in [-0.3, -0.25) is 19.8 Å². The van der Waals surface area contributed by atoms with Crippen LogP contribution in [0.3, 0.4) is 0 Å². The average molecular weight is 859 g/mol. The van der Waals surface area contributed by atoms with Gasteiger partial charge in [-0.25, -0.2) is 14.2 Å². The zero-order valence-electron chi connectivity index (χ0n) is 35.2. The molecule has 0 bridgehead atoms. The highest BCUT2D eigenvalue weighted by molar-refractivity contribution is 6.06. The van der Waals surface area contributed by atoms with Crippen molar-refractivity contribution in [3.05, 3.63) is 89.7 Å². The highest BCUT2D eigenvalue weighted by Crippen LogP contribution is 2.40. The second-order valence-corrected chi connectivity index (χ2v) is 17.5. The first-order valence-corrected chi connectivity index (χ1v) is 21.8. The molecule has 63 heavy (non-hydrogen) atoms. The summed E-state index contributed by atoms with van der Waals surface area (Å²) < 4.78 is 31.0. The van der Waals surface area contributed by atoms with E-state index in [4.69, 9.17) is 20.2 Å². The standard InChI is InChI=1S/C46H51FN10O6/c1-28-23-56(43-34(28)20-32(22-49-43)55-17-12-41(59)50-45(55)61)31-10-15-53(16-11-31)27-46(47)13-18-54(19-14-46)44(60)30-8-6-29(7-9-30)39-24-57(37-25-62-26-40(37)63-39)36-21-35(51-52-42(36)48)33-4-2-3-5-38(33)58/h2-9,20-23,31,37,39-40,58H,10-19,24-27H2,1H3,(H2,48,52)(H,50,59,61)/t37-,39+,40+/m1/s1. The summed E-state index contributed by atoms with van der Waals surface area (Å²) in [7, 11) is 0. The lowest BCUT2D eigenvalue weighted by atomic mass is 9.91. The third-order valence-electron chi connectivity index (χ3n) is 13.5. The minimum Gasteiger partial charge on any atom is -0.507 e. The van der Waals surface area contributed by atoms with Crippen LogP contribution in [0.5, 0.6) is 5.75 Å². The molecule has 16 nitrogen and oxygen atoms in total. The minimum absolute atomic E-state index is 0.0872. The van der Waals surface area contributed by atoms with Crippen molar-refractivity contribution in [1.82, 2.24) is 34.9 Å². The van der Waals surface area contributed by atoms with Crippen molar-refractivity contribution < 1.29 is 33.4 Å². The first-order chi connectivity index (χ1) is 30.5. The number of phenols is 1. The highest BCUT2D eigenvalue weighted by atomic mass is 19.1. The molecule has 328 valence electrons.